The summed E-state index contributed by atoms with van der Waals surface area (Å²) in [5.41, 5.74) is 2.86. The van der Waals surface area contributed by atoms with Crippen LogP contribution in [0.1, 0.15) is 29.7 Å². The molecule has 0 radical (unpaired) electrons. The van der Waals surface area contributed by atoms with Gasteiger partial charge in [0.25, 0.3) is 0 Å². The summed E-state index contributed by atoms with van der Waals surface area (Å²) in [5, 5.41) is 7.84. The highest BCUT2D eigenvalue weighted by molar-refractivity contribution is 5.37. The van der Waals surface area contributed by atoms with Crippen molar-refractivity contribution in [3.05, 3.63) is 40.8 Å². The van der Waals surface area contributed by atoms with E-state index in [1.165, 1.54) is 18.9 Å². The van der Waals surface area contributed by atoms with E-state index >= 15 is 0 Å². The molecule has 1 aliphatic rings. The second-order valence-electron chi connectivity index (χ2n) is 5.68. The van der Waals surface area contributed by atoms with Gasteiger partial charge in [-0.1, -0.05) is 6.07 Å². The number of hydrogen-bond donors (Lipinski definition) is 1. The highest BCUT2D eigenvalue weighted by Crippen LogP contribution is 2.30. The largest absolute Gasteiger partial charge is 0.436 e. The van der Waals surface area contributed by atoms with Crippen molar-refractivity contribution in [2.24, 2.45) is 7.05 Å². The smallest absolute Gasteiger partial charge is 0.222 e. The van der Waals surface area contributed by atoms with Crippen LogP contribution in [0, 0.1) is 19.7 Å². The van der Waals surface area contributed by atoms with Crippen molar-refractivity contribution in [3.63, 3.8) is 0 Å². The van der Waals surface area contributed by atoms with Gasteiger partial charge in [0.05, 0.1) is 11.3 Å². The molecular weight excluding hydrogens is 269 g/mol. The molecule has 1 fully saturated rings. The Morgan fingerprint density at radius 1 is 1.38 bits per heavy atom. The quantitative estimate of drug-likeness (QED) is 0.918. The van der Waals surface area contributed by atoms with Gasteiger partial charge < -0.3 is 10.1 Å². The molecule has 1 aliphatic carbocycles. The zero-order valence-electron chi connectivity index (χ0n) is 12.6. The van der Waals surface area contributed by atoms with Gasteiger partial charge in [0, 0.05) is 19.6 Å². The fraction of sp³-hybridized carbons (Fsp3) is 0.438. The Balaban J connectivity index is 1.87. The third-order valence-electron chi connectivity index (χ3n) is 3.73. The topological polar surface area (TPSA) is 39.1 Å². The molecule has 0 bridgehead atoms. The maximum atomic E-state index is 13.9. The highest BCUT2D eigenvalue weighted by atomic mass is 19.1. The molecule has 0 amide bonds. The van der Waals surface area contributed by atoms with Gasteiger partial charge in [-0.25, -0.2) is 9.07 Å². The molecule has 0 spiro atoms. The molecule has 0 atom stereocenters. The van der Waals surface area contributed by atoms with E-state index in [2.05, 4.69) is 10.4 Å². The van der Waals surface area contributed by atoms with Crippen LogP contribution in [0.2, 0.25) is 0 Å². The fourth-order valence-corrected chi connectivity index (χ4v) is 2.34. The second-order valence-corrected chi connectivity index (χ2v) is 5.68. The number of benzene rings is 1. The molecule has 1 saturated carbocycles. The number of rotatable bonds is 5. The number of halogens is 1. The first-order valence-corrected chi connectivity index (χ1v) is 7.24. The first-order chi connectivity index (χ1) is 10.0. The van der Waals surface area contributed by atoms with E-state index in [1.807, 2.05) is 20.9 Å². The monoisotopic (exact) mass is 289 g/mol. The Hall–Kier alpha value is -1.88. The predicted molar refractivity (Wildman–Crippen MR) is 79.0 cm³/mol. The first kappa shape index (κ1) is 14.1. The van der Waals surface area contributed by atoms with E-state index < -0.39 is 0 Å². The average Bonchev–Trinajstić information content (AvgIpc) is 3.21. The minimum atomic E-state index is -0.361. The highest BCUT2D eigenvalue weighted by Gasteiger charge is 2.23. The van der Waals surface area contributed by atoms with Gasteiger partial charge in [0.1, 0.15) is 0 Å². The van der Waals surface area contributed by atoms with Crippen LogP contribution < -0.4 is 10.1 Å². The number of nitrogens with zero attached hydrogens (tertiary/aromatic N) is 2. The van der Waals surface area contributed by atoms with E-state index in [0.717, 1.165) is 16.8 Å². The summed E-state index contributed by atoms with van der Waals surface area (Å²) < 4.78 is 21.4. The Bertz CT molecular complexity index is 662. The summed E-state index contributed by atoms with van der Waals surface area (Å²) >= 11 is 0. The molecule has 1 heterocycles. The Morgan fingerprint density at radius 2 is 2.14 bits per heavy atom. The van der Waals surface area contributed by atoms with Crippen LogP contribution >= 0.6 is 0 Å². The van der Waals surface area contributed by atoms with Gasteiger partial charge in [0.2, 0.25) is 5.88 Å². The maximum absolute atomic E-state index is 13.9. The molecule has 4 nitrogen and oxygen atoms in total. The van der Waals surface area contributed by atoms with Gasteiger partial charge >= 0.3 is 0 Å². The maximum Gasteiger partial charge on any atom is 0.222 e. The summed E-state index contributed by atoms with van der Waals surface area (Å²) in [6, 6.07) is 5.46. The molecule has 0 saturated heterocycles. The molecule has 1 aromatic carbocycles. The van der Waals surface area contributed by atoms with Gasteiger partial charge in [-0.2, -0.15) is 5.10 Å². The van der Waals surface area contributed by atoms with Gasteiger partial charge in [0.15, 0.2) is 11.6 Å². The van der Waals surface area contributed by atoms with Gasteiger partial charge in [-0.15, -0.1) is 0 Å². The Labute approximate surface area is 123 Å². The molecule has 5 heteroatoms. The lowest BCUT2D eigenvalue weighted by Gasteiger charge is -2.10. The van der Waals surface area contributed by atoms with Crippen LogP contribution in [-0.2, 0) is 13.6 Å². The Morgan fingerprint density at radius 3 is 2.86 bits per heavy atom. The van der Waals surface area contributed by atoms with Gasteiger partial charge in [-0.3, -0.25) is 0 Å². The molecule has 3 rings (SSSR count). The van der Waals surface area contributed by atoms with E-state index in [0.29, 0.717) is 18.5 Å². The number of aryl methyl sites for hydroxylation is 3. The molecule has 0 unspecified atom stereocenters. The van der Waals surface area contributed by atoms with Crippen molar-refractivity contribution in [1.29, 1.82) is 0 Å². The molecule has 1 N–H and O–H groups in total. The molecule has 0 aliphatic heterocycles. The van der Waals surface area contributed by atoms with Crippen molar-refractivity contribution < 1.29 is 9.13 Å². The van der Waals surface area contributed by atoms with Crippen molar-refractivity contribution in [1.82, 2.24) is 15.1 Å². The third kappa shape index (κ3) is 3.08. The summed E-state index contributed by atoms with van der Waals surface area (Å²) in [7, 11) is 1.82. The molecule has 21 heavy (non-hydrogen) atoms. The van der Waals surface area contributed by atoms with E-state index in [-0.39, 0.29) is 11.6 Å². The number of ether oxygens (including phenoxy) is 1. The van der Waals surface area contributed by atoms with E-state index in [4.69, 9.17) is 4.74 Å². The Kier molecular flexibility index (Phi) is 3.68. The van der Waals surface area contributed by atoms with Crippen LogP contribution in [0.25, 0.3) is 0 Å². The summed E-state index contributed by atoms with van der Waals surface area (Å²) in [4.78, 5) is 0. The normalized spacial score (nSPS) is 14.5. The lowest BCUT2D eigenvalue weighted by Crippen LogP contribution is -2.16. The van der Waals surface area contributed by atoms with Crippen molar-refractivity contribution in [3.8, 4) is 11.6 Å². The van der Waals surface area contributed by atoms with E-state index in [9.17, 15) is 4.39 Å². The lowest BCUT2D eigenvalue weighted by atomic mass is 10.2. The number of nitrogens with one attached hydrogen (secondary N) is 1. The van der Waals surface area contributed by atoms with Crippen LogP contribution in [0.3, 0.4) is 0 Å². The fourth-order valence-electron chi connectivity index (χ4n) is 2.34. The summed E-state index contributed by atoms with van der Waals surface area (Å²) in [6.45, 7) is 4.56. The minimum absolute atomic E-state index is 0.241. The van der Waals surface area contributed by atoms with Crippen molar-refractivity contribution in [2.75, 3.05) is 0 Å². The molecule has 1 aromatic heterocycles. The summed E-state index contributed by atoms with van der Waals surface area (Å²) in [6.07, 6.45) is 2.45. The average molecular weight is 289 g/mol. The summed E-state index contributed by atoms with van der Waals surface area (Å²) in [5.74, 6) is 0.483. The van der Waals surface area contributed by atoms with Crippen molar-refractivity contribution in [2.45, 2.75) is 39.3 Å². The van der Waals surface area contributed by atoms with Crippen LogP contribution in [0.4, 0.5) is 4.39 Å². The second kappa shape index (κ2) is 5.48. The van der Waals surface area contributed by atoms with E-state index in [1.54, 1.807) is 16.8 Å². The zero-order valence-corrected chi connectivity index (χ0v) is 12.6. The first-order valence-electron chi connectivity index (χ1n) is 7.24. The standard InChI is InChI=1S/C16H20FN3O/c1-10-4-7-14(17)15(8-10)21-16-13(9-18-12-5-6-12)11(2)19-20(16)3/h4,7-8,12,18H,5-6,9H2,1-3H3. The SMILES string of the molecule is Cc1ccc(F)c(Oc2c(CNC3CC3)c(C)nn2C)c1. The number of aromatic nitrogens is 2. The van der Waals surface area contributed by atoms with Crippen LogP contribution in [0.5, 0.6) is 11.6 Å². The minimum Gasteiger partial charge on any atom is -0.436 e. The predicted octanol–water partition coefficient (Wildman–Crippen LogP) is 3.22. The third-order valence-corrected chi connectivity index (χ3v) is 3.73. The van der Waals surface area contributed by atoms with Crippen LogP contribution in [-0.4, -0.2) is 15.8 Å². The zero-order chi connectivity index (χ0) is 15.0. The van der Waals surface area contributed by atoms with Gasteiger partial charge in [-0.05, 0) is 44.4 Å². The molecule has 2 aromatic rings. The molecular formula is C16H20FN3O. The molecule has 112 valence electrons. The number of hydrogen-bond acceptors (Lipinski definition) is 3. The van der Waals surface area contributed by atoms with Crippen LogP contribution in [0.15, 0.2) is 18.2 Å². The lowest BCUT2D eigenvalue weighted by molar-refractivity contribution is 0.398. The van der Waals surface area contributed by atoms with Crippen molar-refractivity contribution >= 4 is 0 Å².